The molecule has 1 aliphatic heterocycles. The van der Waals surface area contributed by atoms with E-state index in [1.54, 1.807) is 31.8 Å². The van der Waals surface area contributed by atoms with Gasteiger partial charge in [-0.25, -0.2) is 4.98 Å². The molecule has 0 fully saturated rings. The molecule has 8 bridgehead atoms. The van der Waals surface area contributed by atoms with Crippen molar-refractivity contribution >= 4 is 34.4 Å². The number of ether oxygens (including phenoxy) is 1. The summed E-state index contributed by atoms with van der Waals surface area (Å²) in [7, 11) is 1.59. The van der Waals surface area contributed by atoms with Crippen molar-refractivity contribution in [3.8, 4) is 28.1 Å². The minimum Gasteiger partial charge on any atom is -0.480 e. The van der Waals surface area contributed by atoms with Crippen LogP contribution in [0.1, 0.15) is 15.9 Å². The third kappa shape index (κ3) is 4.23. The highest BCUT2D eigenvalue weighted by Crippen LogP contribution is 2.35. The maximum Gasteiger partial charge on any atom is 0.251 e. The lowest BCUT2D eigenvalue weighted by Crippen LogP contribution is -2.22. The smallest absolute Gasteiger partial charge is 0.251 e. The normalized spacial score (nSPS) is 12.9. The van der Waals surface area contributed by atoms with E-state index in [2.05, 4.69) is 37.1 Å². The predicted octanol–water partition coefficient (Wildman–Crippen LogP) is 5.73. The first-order chi connectivity index (χ1) is 17.7. The molecule has 8 heteroatoms. The third-order valence-electron chi connectivity index (χ3n) is 6.05. The molecule has 0 saturated carbocycles. The number of hydrogen-bond donors (Lipinski definition) is 2. The molecule has 6 rings (SSSR count). The monoisotopic (exact) mass is 491 g/mol. The van der Waals surface area contributed by atoms with Crippen LogP contribution in [0.25, 0.3) is 33.2 Å². The molecule has 176 valence electrons. The van der Waals surface area contributed by atoms with Gasteiger partial charge in [0.15, 0.2) is 0 Å². The number of methoxy groups -OCH3 is 1. The molecule has 0 unspecified atom stereocenters. The van der Waals surface area contributed by atoms with Gasteiger partial charge in [0, 0.05) is 58.3 Å². The van der Waals surface area contributed by atoms with Crippen LogP contribution < -0.4 is 14.8 Å². The van der Waals surface area contributed by atoms with Crippen molar-refractivity contribution in [1.29, 1.82) is 0 Å². The van der Waals surface area contributed by atoms with Crippen molar-refractivity contribution < 1.29 is 9.53 Å². The molecule has 3 aromatic heterocycles. The molecule has 1 aliphatic rings. The van der Waals surface area contributed by atoms with E-state index in [-0.39, 0.29) is 5.91 Å². The van der Waals surface area contributed by atoms with Crippen molar-refractivity contribution in [2.75, 3.05) is 11.8 Å². The van der Waals surface area contributed by atoms with Crippen LogP contribution in [0.5, 0.6) is 5.88 Å². The molecule has 36 heavy (non-hydrogen) atoms. The Balaban J connectivity index is 1.54. The SMILES string of the molecule is COc1ncc2cc1NSc1cccc(c1)C(=O)NCc1cncc(c1)-c1ccnc3ccc-2cc13. The van der Waals surface area contributed by atoms with Crippen molar-refractivity contribution in [3.05, 3.63) is 96.6 Å². The lowest BCUT2D eigenvalue weighted by Gasteiger charge is -2.14. The van der Waals surface area contributed by atoms with Crippen LogP contribution in [0.2, 0.25) is 0 Å². The first kappa shape index (κ1) is 22.1. The Hall–Kier alpha value is -4.43. The molecule has 2 N–H and O–H groups in total. The molecule has 0 aliphatic carbocycles. The summed E-state index contributed by atoms with van der Waals surface area (Å²) < 4.78 is 8.83. The predicted molar refractivity (Wildman–Crippen MR) is 142 cm³/mol. The van der Waals surface area contributed by atoms with Gasteiger partial charge in [-0.15, -0.1) is 0 Å². The summed E-state index contributed by atoms with van der Waals surface area (Å²) in [6.07, 6.45) is 7.22. The number of nitrogens with zero attached hydrogens (tertiary/aromatic N) is 3. The number of carbonyl (C=O) groups is 1. The summed E-state index contributed by atoms with van der Waals surface area (Å²) in [6, 6.07) is 19.7. The standard InChI is InChI=1S/C28H21N5O2S/c1-35-28-26-12-20(16-32-28)18-5-6-25-24(11-18)23(7-8-30-25)21-9-17(13-29-15-21)14-31-27(34)19-3-2-4-22(10-19)36-33-26/h2-13,15-16,33H,14H2,1H3,(H,31,34). The van der Waals surface area contributed by atoms with Crippen molar-refractivity contribution in [2.24, 2.45) is 0 Å². The van der Waals surface area contributed by atoms with Crippen LogP contribution in [0.3, 0.4) is 0 Å². The molecule has 7 nitrogen and oxygen atoms in total. The highest BCUT2D eigenvalue weighted by atomic mass is 32.2. The third-order valence-corrected chi connectivity index (χ3v) is 6.86. The number of hydrogen-bond acceptors (Lipinski definition) is 7. The Labute approximate surface area is 212 Å². The molecule has 4 heterocycles. The summed E-state index contributed by atoms with van der Waals surface area (Å²) in [5, 5.41) is 4.01. The average molecular weight is 492 g/mol. The molecule has 0 saturated heterocycles. The number of carbonyl (C=O) groups excluding carboxylic acids is 1. The second kappa shape index (κ2) is 9.31. The molecule has 5 aromatic rings. The lowest BCUT2D eigenvalue weighted by atomic mass is 9.98. The fourth-order valence-corrected chi connectivity index (χ4v) is 4.96. The zero-order valence-electron chi connectivity index (χ0n) is 19.4. The second-order valence-corrected chi connectivity index (χ2v) is 9.25. The minimum absolute atomic E-state index is 0.149. The maximum absolute atomic E-state index is 12.9. The zero-order chi connectivity index (χ0) is 24.5. The van der Waals surface area contributed by atoms with Gasteiger partial charge in [0.2, 0.25) is 5.88 Å². The summed E-state index contributed by atoms with van der Waals surface area (Å²) >= 11 is 1.39. The van der Waals surface area contributed by atoms with Crippen LogP contribution in [-0.2, 0) is 6.54 Å². The topological polar surface area (TPSA) is 89.0 Å². The average Bonchev–Trinajstić information content (AvgIpc) is 2.94. The van der Waals surface area contributed by atoms with E-state index in [9.17, 15) is 4.79 Å². The summed E-state index contributed by atoms with van der Waals surface area (Å²) in [5.41, 5.74) is 7.05. The van der Waals surface area contributed by atoms with E-state index in [1.807, 2.05) is 48.7 Å². The number of benzene rings is 2. The van der Waals surface area contributed by atoms with Crippen LogP contribution >= 0.6 is 11.9 Å². The van der Waals surface area contributed by atoms with Gasteiger partial charge in [-0.1, -0.05) is 12.1 Å². The number of amides is 1. The molecule has 0 spiro atoms. The van der Waals surface area contributed by atoms with E-state index >= 15 is 0 Å². The number of aromatic nitrogens is 3. The zero-order valence-corrected chi connectivity index (χ0v) is 20.2. The van der Waals surface area contributed by atoms with E-state index in [0.717, 1.165) is 49.3 Å². The largest absolute Gasteiger partial charge is 0.480 e. The fraction of sp³-hybridized carbons (Fsp3) is 0.0714. The Morgan fingerprint density at radius 1 is 0.889 bits per heavy atom. The highest BCUT2D eigenvalue weighted by Gasteiger charge is 2.13. The van der Waals surface area contributed by atoms with Gasteiger partial charge in [-0.2, -0.15) is 0 Å². The summed E-state index contributed by atoms with van der Waals surface area (Å²) in [5.74, 6) is 0.338. The number of anilines is 1. The van der Waals surface area contributed by atoms with Crippen molar-refractivity contribution in [1.82, 2.24) is 20.3 Å². The van der Waals surface area contributed by atoms with Crippen LogP contribution in [0, 0.1) is 0 Å². The van der Waals surface area contributed by atoms with E-state index < -0.39 is 0 Å². The number of nitrogens with one attached hydrogen (secondary N) is 2. The molecule has 0 radical (unpaired) electrons. The number of rotatable bonds is 1. The first-order valence-electron chi connectivity index (χ1n) is 11.4. The quantitative estimate of drug-likeness (QED) is 0.290. The Bertz CT molecular complexity index is 1620. The van der Waals surface area contributed by atoms with Gasteiger partial charge in [-0.3, -0.25) is 14.8 Å². The molecule has 0 atom stereocenters. The van der Waals surface area contributed by atoms with Crippen LogP contribution in [-0.4, -0.2) is 28.0 Å². The second-order valence-electron chi connectivity index (χ2n) is 8.37. The minimum atomic E-state index is -0.149. The molecule has 1 amide bonds. The van der Waals surface area contributed by atoms with Gasteiger partial charge >= 0.3 is 0 Å². The molecular formula is C28H21N5O2S. The summed E-state index contributed by atoms with van der Waals surface area (Å²) in [6.45, 7) is 0.372. The lowest BCUT2D eigenvalue weighted by molar-refractivity contribution is 0.0950. The van der Waals surface area contributed by atoms with Crippen molar-refractivity contribution in [2.45, 2.75) is 11.4 Å². The van der Waals surface area contributed by atoms with E-state index in [4.69, 9.17) is 4.74 Å². The molecule has 2 aromatic carbocycles. The number of fused-ring (bicyclic) bond motifs is 9. The van der Waals surface area contributed by atoms with Gasteiger partial charge in [0.25, 0.3) is 5.91 Å². The van der Waals surface area contributed by atoms with Crippen LogP contribution in [0.15, 0.2) is 90.3 Å². The van der Waals surface area contributed by atoms with Gasteiger partial charge in [0.1, 0.15) is 5.69 Å². The van der Waals surface area contributed by atoms with E-state index in [0.29, 0.717) is 18.0 Å². The number of pyridine rings is 3. The van der Waals surface area contributed by atoms with Gasteiger partial charge in [-0.05, 0) is 77.2 Å². The molecular weight excluding hydrogens is 470 g/mol. The Morgan fingerprint density at radius 3 is 2.75 bits per heavy atom. The summed E-state index contributed by atoms with van der Waals surface area (Å²) in [4.78, 5) is 27.3. The highest BCUT2D eigenvalue weighted by molar-refractivity contribution is 8.00. The van der Waals surface area contributed by atoms with E-state index in [1.165, 1.54) is 11.9 Å². The fourth-order valence-electron chi connectivity index (χ4n) is 4.25. The Kier molecular flexibility index (Phi) is 5.71. The van der Waals surface area contributed by atoms with Gasteiger partial charge in [0.05, 0.1) is 12.6 Å². The van der Waals surface area contributed by atoms with Crippen molar-refractivity contribution in [3.63, 3.8) is 0 Å². The van der Waals surface area contributed by atoms with Gasteiger partial charge < -0.3 is 14.8 Å². The first-order valence-corrected chi connectivity index (χ1v) is 12.2. The Morgan fingerprint density at radius 2 is 1.83 bits per heavy atom. The van der Waals surface area contributed by atoms with Crippen LogP contribution in [0.4, 0.5) is 5.69 Å². The maximum atomic E-state index is 12.9.